The number of likely N-dealkylation sites (N-methyl/N-ethyl adjacent to an activating group) is 1. The summed E-state index contributed by atoms with van der Waals surface area (Å²) in [5.74, 6) is 0.812. The van der Waals surface area contributed by atoms with Crippen molar-refractivity contribution in [1.29, 1.82) is 0 Å². The van der Waals surface area contributed by atoms with Crippen LogP contribution in [0.1, 0.15) is 38.2 Å². The van der Waals surface area contributed by atoms with Gasteiger partial charge in [0, 0.05) is 32.4 Å². The van der Waals surface area contributed by atoms with Gasteiger partial charge in [-0.3, -0.25) is 9.78 Å². The van der Waals surface area contributed by atoms with Crippen molar-refractivity contribution >= 4 is 5.91 Å². The standard InChI is InChI=1S/C16H27N3O/c1-3-14(6-10-17)4-5-16(20)19(2)13-9-15-7-11-18-12-8-15/h7-8,11-12,14H,3-6,9-10,13,17H2,1-2H3. The number of aromatic nitrogens is 1. The van der Waals surface area contributed by atoms with Crippen molar-refractivity contribution in [3.63, 3.8) is 0 Å². The first-order chi connectivity index (χ1) is 9.67. The highest BCUT2D eigenvalue weighted by atomic mass is 16.2. The van der Waals surface area contributed by atoms with Gasteiger partial charge in [-0.2, -0.15) is 0 Å². The van der Waals surface area contributed by atoms with Crippen molar-refractivity contribution in [2.45, 2.75) is 39.0 Å². The molecule has 1 rings (SSSR count). The van der Waals surface area contributed by atoms with E-state index in [0.29, 0.717) is 18.9 Å². The average molecular weight is 277 g/mol. The second-order valence-electron chi connectivity index (χ2n) is 5.31. The van der Waals surface area contributed by atoms with Crippen LogP contribution in [0, 0.1) is 5.92 Å². The number of nitrogens with zero attached hydrogens (tertiary/aromatic N) is 2. The quantitative estimate of drug-likeness (QED) is 0.753. The summed E-state index contributed by atoms with van der Waals surface area (Å²) in [6.45, 7) is 3.64. The maximum absolute atomic E-state index is 12.1. The maximum atomic E-state index is 12.1. The number of rotatable bonds is 9. The lowest BCUT2D eigenvalue weighted by Gasteiger charge is -2.19. The van der Waals surface area contributed by atoms with Crippen molar-refractivity contribution in [3.05, 3.63) is 30.1 Å². The fourth-order valence-electron chi connectivity index (χ4n) is 2.28. The number of amides is 1. The van der Waals surface area contributed by atoms with Crippen molar-refractivity contribution in [3.8, 4) is 0 Å². The average Bonchev–Trinajstić information content (AvgIpc) is 2.49. The minimum atomic E-state index is 0.231. The van der Waals surface area contributed by atoms with E-state index < -0.39 is 0 Å². The predicted molar refractivity (Wildman–Crippen MR) is 82.3 cm³/mol. The Balaban J connectivity index is 2.28. The Kier molecular flexibility index (Phi) is 7.88. The Labute approximate surface area is 122 Å². The number of carbonyl (C=O) groups is 1. The first kappa shape index (κ1) is 16.6. The summed E-state index contributed by atoms with van der Waals surface area (Å²) in [5, 5.41) is 0. The van der Waals surface area contributed by atoms with Crippen molar-refractivity contribution in [2.75, 3.05) is 20.1 Å². The Morgan fingerprint density at radius 1 is 1.35 bits per heavy atom. The summed E-state index contributed by atoms with van der Waals surface area (Å²) in [5.41, 5.74) is 6.80. The van der Waals surface area contributed by atoms with E-state index in [0.717, 1.165) is 32.2 Å². The van der Waals surface area contributed by atoms with Crippen LogP contribution in [-0.2, 0) is 11.2 Å². The van der Waals surface area contributed by atoms with Gasteiger partial charge in [-0.15, -0.1) is 0 Å². The second-order valence-corrected chi connectivity index (χ2v) is 5.31. The molecule has 0 aliphatic heterocycles. The van der Waals surface area contributed by atoms with Gasteiger partial charge in [0.25, 0.3) is 0 Å². The largest absolute Gasteiger partial charge is 0.345 e. The van der Waals surface area contributed by atoms with Crippen LogP contribution in [0.5, 0.6) is 0 Å². The van der Waals surface area contributed by atoms with Crippen molar-refractivity contribution < 1.29 is 4.79 Å². The molecule has 1 atom stereocenters. The fraction of sp³-hybridized carbons (Fsp3) is 0.625. The lowest BCUT2D eigenvalue weighted by atomic mass is 9.96. The summed E-state index contributed by atoms with van der Waals surface area (Å²) < 4.78 is 0. The van der Waals surface area contributed by atoms with Gasteiger partial charge in [-0.05, 0) is 49.4 Å². The SMILES string of the molecule is CCC(CCN)CCC(=O)N(C)CCc1ccncc1. The highest BCUT2D eigenvalue weighted by Gasteiger charge is 2.12. The van der Waals surface area contributed by atoms with Gasteiger partial charge in [-0.1, -0.05) is 13.3 Å². The van der Waals surface area contributed by atoms with E-state index in [9.17, 15) is 4.79 Å². The normalized spacial score (nSPS) is 12.2. The van der Waals surface area contributed by atoms with Crippen LogP contribution in [0.15, 0.2) is 24.5 Å². The number of nitrogens with two attached hydrogens (primary N) is 1. The van der Waals surface area contributed by atoms with Crippen LogP contribution in [0.3, 0.4) is 0 Å². The molecule has 0 fully saturated rings. The van der Waals surface area contributed by atoms with Crippen molar-refractivity contribution in [1.82, 2.24) is 9.88 Å². The number of pyridine rings is 1. The van der Waals surface area contributed by atoms with E-state index in [1.165, 1.54) is 5.56 Å². The molecule has 1 aromatic heterocycles. The molecule has 0 saturated heterocycles. The topological polar surface area (TPSA) is 59.2 Å². The van der Waals surface area contributed by atoms with Crippen LogP contribution in [0.4, 0.5) is 0 Å². The van der Waals surface area contributed by atoms with Crippen LogP contribution in [0.25, 0.3) is 0 Å². The smallest absolute Gasteiger partial charge is 0.222 e. The summed E-state index contributed by atoms with van der Waals surface area (Å²) in [7, 11) is 1.88. The molecular formula is C16H27N3O. The molecule has 4 heteroatoms. The van der Waals surface area contributed by atoms with Gasteiger partial charge < -0.3 is 10.6 Å². The minimum absolute atomic E-state index is 0.231. The van der Waals surface area contributed by atoms with E-state index in [1.54, 1.807) is 12.4 Å². The first-order valence-corrected chi connectivity index (χ1v) is 7.50. The molecule has 4 nitrogen and oxygen atoms in total. The van der Waals surface area contributed by atoms with Gasteiger partial charge in [0.05, 0.1) is 0 Å². The molecule has 1 aromatic rings. The molecule has 0 aliphatic rings. The van der Waals surface area contributed by atoms with E-state index >= 15 is 0 Å². The van der Waals surface area contributed by atoms with E-state index in [1.807, 2.05) is 24.1 Å². The Hall–Kier alpha value is -1.42. The Morgan fingerprint density at radius 3 is 2.65 bits per heavy atom. The van der Waals surface area contributed by atoms with E-state index in [2.05, 4.69) is 11.9 Å². The Morgan fingerprint density at radius 2 is 2.05 bits per heavy atom. The molecule has 0 bridgehead atoms. The molecule has 1 unspecified atom stereocenters. The number of hydrogen-bond acceptors (Lipinski definition) is 3. The third-order valence-corrected chi connectivity index (χ3v) is 3.83. The Bertz CT molecular complexity index is 381. The zero-order valence-electron chi connectivity index (χ0n) is 12.7. The molecule has 20 heavy (non-hydrogen) atoms. The van der Waals surface area contributed by atoms with Crippen LogP contribution < -0.4 is 5.73 Å². The molecule has 0 aliphatic carbocycles. The second kappa shape index (κ2) is 9.48. The van der Waals surface area contributed by atoms with Gasteiger partial charge >= 0.3 is 0 Å². The molecule has 0 spiro atoms. The maximum Gasteiger partial charge on any atom is 0.222 e. The molecule has 1 heterocycles. The highest BCUT2D eigenvalue weighted by molar-refractivity contribution is 5.75. The van der Waals surface area contributed by atoms with Crippen LogP contribution >= 0.6 is 0 Å². The van der Waals surface area contributed by atoms with Gasteiger partial charge in [0.15, 0.2) is 0 Å². The predicted octanol–water partition coefficient (Wildman–Crippen LogP) is 2.24. The lowest BCUT2D eigenvalue weighted by Crippen LogP contribution is -2.29. The summed E-state index contributed by atoms with van der Waals surface area (Å²) in [4.78, 5) is 17.9. The van der Waals surface area contributed by atoms with Gasteiger partial charge in [0.2, 0.25) is 5.91 Å². The highest BCUT2D eigenvalue weighted by Crippen LogP contribution is 2.15. The molecule has 1 amide bonds. The number of carbonyl (C=O) groups excluding carboxylic acids is 1. The van der Waals surface area contributed by atoms with Crippen LogP contribution in [0.2, 0.25) is 0 Å². The lowest BCUT2D eigenvalue weighted by molar-refractivity contribution is -0.130. The molecule has 0 radical (unpaired) electrons. The molecule has 0 saturated carbocycles. The molecule has 0 aromatic carbocycles. The van der Waals surface area contributed by atoms with Crippen molar-refractivity contribution in [2.24, 2.45) is 11.7 Å². The van der Waals surface area contributed by atoms with Crippen LogP contribution in [-0.4, -0.2) is 35.9 Å². The third kappa shape index (κ3) is 6.15. The first-order valence-electron chi connectivity index (χ1n) is 7.50. The van der Waals surface area contributed by atoms with Gasteiger partial charge in [0.1, 0.15) is 0 Å². The molecule has 112 valence electrons. The summed E-state index contributed by atoms with van der Waals surface area (Å²) >= 11 is 0. The minimum Gasteiger partial charge on any atom is -0.345 e. The fourth-order valence-corrected chi connectivity index (χ4v) is 2.28. The third-order valence-electron chi connectivity index (χ3n) is 3.83. The van der Waals surface area contributed by atoms with E-state index in [-0.39, 0.29) is 5.91 Å². The number of hydrogen-bond donors (Lipinski definition) is 1. The van der Waals surface area contributed by atoms with E-state index in [4.69, 9.17) is 5.73 Å². The monoisotopic (exact) mass is 277 g/mol. The zero-order valence-corrected chi connectivity index (χ0v) is 12.7. The molecular weight excluding hydrogens is 250 g/mol. The molecule has 2 N–H and O–H groups in total. The summed E-state index contributed by atoms with van der Waals surface area (Å²) in [6, 6.07) is 3.99. The summed E-state index contributed by atoms with van der Waals surface area (Å²) in [6.07, 6.45) is 8.16. The van der Waals surface area contributed by atoms with Gasteiger partial charge in [-0.25, -0.2) is 0 Å². The zero-order chi connectivity index (χ0) is 14.8.